The van der Waals surface area contributed by atoms with E-state index in [4.69, 9.17) is 0 Å². The van der Waals surface area contributed by atoms with Crippen molar-refractivity contribution in [3.63, 3.8) is 0 Å². The summed E-state index contributed by atoms with van der Waals surface area (Å²) < 4.78 is 0. The number of carbonyl (C=O) groups excluding carboxylic acids is 1. The van der Waals surface area contributed by atoms with Gasteiger partial charge in [0.2, 0.25) is 5.91 Å². The zero-order chi connectivity index (χ0) is 10.6. The summed E-state index contributed by atoms with van der Waals surface area (Å²) in [6, 6.07) is -0.0469. The molecule has 1 unspecified atom stereocenters. The lowest BCUT2D eigenvalue weighted by Gasteiger charge is -2.17. The number of hydrogen-bond donors (Lipinski definition) is 3. The highest BCUT2D eigenvalue weighted by Crippen LogP contribution is 2.05. The van der Waals surface area contributed by atoms with Crippen LogP contribution in [0.2, 0.25) is 0 Å². The summed E-state index contributed by atoms with van der Waals surface area (Å²) >= 11 is 0. The molecule has 0 bridgehead atoms. The fourth-order valence-electron chi connectivity index (χ4n) is 1.47. The molecule has 2 atom stereocenters. The normalized spacial score (nSPS) is 23.9. The Morgan fingerprint density at radius 3 is 2.86 bits per heavy atom. The molecule has 1 amide bonds. The van der Waals surface area contributed by atoms with Crippen molar-refractivity contribution in [3.05, 3.63) is 0 Å². The lowest BCUT2D eigenvalue weighted by molar-refractivity contribution is -0.123. The van der Waals surface area contributed by atoms with Crippen molar-refractivity contribution in [2.75, 3.05) is 13.1 Å². The number of aliphatic hydroxyl groups is 1. The molecule has 0 aromatic heterocycles. The van der Waals surface area contributed by atoms with E-state index in [1.165, 1.54) is 0 Å². The van der Waals surface area contributed by atoms with E-state index in [0.717, 1.165) is 19.4 Å². The number of hydrogen-bond acceptors (Lipinski definition) is 3. The summed E-state index contributed by atoms with van der Waals surface area (Å²) in [7, 11) is 0. The van der Waals surface area contributed by atoms with Crippen molar-refractivity contribution in [1.82, 2.24) is 10.6 Å². The number of nitrogens with one attached hydrogen (secondary N) is 2. The van der Waals surface area contributed by atoms with E-state index in [1.807, 2.05) is 13.8 Å². The maximum Gasteiger partial charge on any atom is 0.237 e. The SMILES string of the molecule is CC(C)C(O)CNC(=O)[C@H]1CCCN1. The van der Waals surface area contributed by atoms with E-state index in [2.05, 4.69) is 10.6 Å². The first-order chi connectivity index (χ1) is 6.61. The molecule has 4 nitrogen and oxygen atoms in total. The van der Waals surface area contributed by atoms with Crippen LogP contribution in [-0.2, 0) is 4.79 Å². The van der Waals surface area contributed by atoms with Crippen LogP contribution >= 0.6 is 0 Å². The van der Waals surface area contributed by atoms with Gasteiger partial charge in [-0.3, -0.25) is 4.79 Å². The van der Waals surface area contributed by atoms with E-state index in [-0.39, 0.29) is 17.9 Å². The number of aliphatic hydroxyl groups excluding tert-OH is 1. The molecule has 0 saturated carbocycles. The minimum atomic E-state index is -0.444. The van der Waals surface area contributed by atoms with Crippen molar-refractivity contribution in [1.29, 1.82) is 0 Å². The highest BCUT2D eigenvalue weighted by molar-refractivity contribution is 5.81. The second kappa shape index (κ2) is 5.32. The molecule has 1 saturated heterocycles. The van der Waals surface area contributed by atoms with Gasteiger partial charge >= 0.3 is 0 Å². The molecular weight excluding hydrogens is 180 g/mol. The van der Waals surface area contributed by atoms with E-state index in [0.29, 0.717) is 6.54 Å². The van der Waals surface area contributed by atoms with Crippen LogP contribution in [0.1, 0.15) is 26.7 Å². The summed E-state index contributed by atoms with van der Waals surface area (Å²) in [5, 5.41) is 15.4. The number of amides is 1. The van der Waals surface area contributed by atoms with Crippen molar-refractivity contribution in [2.45, 2.75) is 38.8 Å². The van der Waals surface area contributed by atoms with Gasteiger partial charge in [-0.2, -0.15) is 0 Å². The molecule has 1 rings (SSSR count). The number of carbonyl (C=O) groups is 1. The topological polar surface area (TPSA) is 61.4 Å². The predicted molar refractivity (Wildman–Crippen MR) is 54.9 cm³/mol. The second-order valence-electron chi connectivity index (χ2n) is 4.21. The molecule has 0 spiro atoms. The first-order valence-electron chi connectivity index (χ1n) is 5.30. The summed E-state index contributed by atoms with van der Waals surface area (Å²) in [6.45, 7) is 5.15. The van der Waals surface area contributed by atoms with Gasteiger partial charge in [-0.25, -0.2) is 0 Å². The zero-order valence-electron chi connectivity index (χ0n) is 8.92. The average molecular weight is 200 g/mol. The van der Waals surface area contributed by atoms with Crippen LogP contribution in [0, 0.1) is 5.92 Å². The van der Waals surface area contributed by atoms with Crippen LogP contribution in [0.25, 0.3) is 0 Å². The Bertz CT molecular complexity index is 189. The maximum absolute atomic E-state index is 11.5. The van der Waals surface area contributed by atoms with E-state index in [1.54, 1.807) is 0 Å². The quantitative estimate of drug-likeness (QED) is 0.592. The third kappa shape index (κ3) is 3.27. The Kier molecular flexibility index (Phi) is 4.35. The first-order valence-corrected chi connectivity index (χ1v) is 5.30. The Morgan fingerprint density at radius 2 is 2.36 bits per heavy atom. The summed E-state index contributed by atoms with van der Waals surface area (Å²) in [4.78, 5) is 11.5. The maximum atomic E-state index is 11.5. The monoisotopic (exact) mass is 200 g/mol. The number of rotatable bonds is 4. The lowest BCUT2D eigenvalue weighted by Crippen LogP contribution is -2.44. The van der Waals surface area contributed by atoms with Gasteiger partial charge in [0.05, 0.1) is 12.1 Å². The van der Waals surface area contributed by atoms with Gasteiger partial charge in [-0.15, -0.1) is 0 Å². The van der Waals surface area contributed by atoms with Gasteiger partial charge < -0.3 is 15.7 Å². The van der Waals surface area contributed by atoms with Crippen molar-refractivity contribution < 1.29 is 9.90 Å². The summed E-state index contributed by atoms with van der Waals surface area (Å²) in [5.41, 5.74) is 0. The van der Waals surface area contributed by atoms with Crippen molar-refractivity contribution in [3.8, 4) is 0 Å². The molecule has 0 aromatic rings. The Morgan fingerprint density at radius 1 is 1.64 bits per heavy atom. The van der Waals surface area contributed by atoms with Gasteiger partial charge in [-0.1, -0.05) is 13.8 Å². The van der Waals surface area contributed by atoms with Gasteiger partial charge in [-0.05, 0) is 25.3 Å². The molecule has 0 aromatic carbocycles. The molecule has 4 heteroatoms. The third-order valence-electron chi connectivity index (χ3n) is 2.63. The highest BCUT2D eigenvalue weighted by Gasteiger charge is 2.22. The van der Waals surface area contributed by atoms with Crippen molar-refractivity contribution >= 4 is 5.91 Å². The standard InChI is InChI=1S/C10H20N2O2/c1-7(2)9(13)6-12-10(14)8-4-3-5-11-8/h7-9,11,13H,3-6H2,1-2H3,(H,12,14)/t8-,9?/m1/s1. The fraction of sp³-hybridized carbons (Fsp3) is 0.900. The second-order valence-corrected chi connectivity index (χ2v) is 4.21. The van der Waals surface area contributed by atoms with Gasteiger partial charge in [0.25, 0.3) is 0 Å². The third-order valence-corrected chi connectivity index (χ3v) is 2.63. The Labute approximate surface area is 85.1 Å². The van der Waals surface area contributed by atoms with Crippen LogP contribution in [0.3, 0.4) is 0 Å². The Balaban J connectivity index is 2.20. The van der Waals surface area contributed by atoms with Gasteiger partial charge in [0.1, 0.15) is 0 Å². The minimum absolute atomic E-state index is 0.0159. The van der Waals surface area contributed by atoms with E-state index >= 15 is 0 Å². The molecule has 1 aliphatic rings. The highest BCUT2D eigenvalue weighted by atomic mass is 16.3. The smallest absolute Gasteiger partial charge is 0.237 e. The van der Waals surface area contributed by atoms with E-state index in [9.17, 15) is 9.90 Å². The predicted octanol–water partition coefficient (Wildman–Crippen LogP) is -0.128. The van der Waals surface area contributed by atoms with E-state index < -0.39 is 6.10 Å². The fourth-order valence-corrected chi connectivity index (χ4v) is 1.47. The van der Waals surface area contributed by atoms with Crippen LogP contribution < -0.4 is 10.6 Å². The first kappa shape index (κ1) is 11.5. The van der Waals surface area contributed by atoms with Crippen molar-refractivity contribution in [2.24, 2.45) is 5.92 Å². The van der Waals surface area contributed by atoms with Crippen LogP contribution in [0.4, 0.5) is 0 Å². The van der Waals surface area contributed by atoms with Gasteiger partial charge in [0, 0.05) is 6.54 Å². The molecule has 0 radical (unpaired) electrons. The Hall–Kier alpha value is -0.610. The molecule has 1 heterocycles. The molecule has 3 N–H and O–H groups in total. The molecule has 0 aliphatic carbocycles. The molecule has 14 heavy (non-hydrogen) atoms. The molecule has 1 aliphatic heterocycles. The zero-order valence-corrected chi connectivity index (χ0v) is 8.92. The summed E-state index contributed by atoms with van der Waals surface area (Å²) in [6.07, 6.45) is 1.52. The van der Waals surface area contributed by atoms with Crippen LogP contribution in [0.5, 0.6) is 0 Å². The largest absolute Gasteiger partial charge is 0.391 e. The van der Waals surface area contributed by atoms with Crippen LogP contribution in [-0.4, -0.2) is 36.2 Å². The molecule has 82 valence electrons. The minimum Gasteiger partial charge on any atom is -0.391 e. The average Bonchev–Trinajstić information content (AvgIpc) is 2.66. The van der Waals surface area contributed by atoms with Gasteiger partial charge in [0.15, 0.2) is 0 Å². The molecule has 1 fully saturated rings. The molecular formula is C10H20N2O2. The lowest BCUT2D eigenvalue weighted by atomic mass is 10.1. The summed E-state index contributed by atoms with van der Waals surface area (Å²) in [5.74, 6) is 0.203. The van der Waals surface area contributed by atoms with Crippen LogP contribution in [0.15, 0.2) is 0 Å².